The molecular weight excluding hydrogens is 707 g/mol. The maximum Gasteiger partial charge on any atom is 1.00 e. The first kappa shape index (κ1) is 43.3. The Balaban J connectivity index is 0.00000122. The third-order valence-corrected chi connectivity index (χ3v) is 8.48. The Bertz CT molecular complexity index is 2680. The van der Waals surface area contributed by atoms with Gasteiger partial charge in [0.1, 0.15) is 31.7 Å². The fraction of sp³-hybridized carbons (Fsp3) is 0. The third kappa shape index (κ3) is 10.4. The molecular formula is C30H18Li3N5O10S3. The van der Waals surface area contributed by atoms with Crippen molar-refractivity contribution in [2.45, 2.75) is 9.79 Å². The Labute approximate surface area is 328 Å². The predicted octanol–water partition coefficient (Wildman–Crippen LogP) is -3.12. The summed E-state index contributed by atoms with van der Waals surface area (Å²) < 4.78 is 94.7. The SMILES string of the molecule is Nc1cccc2c(N=Nc3ccc(N=Nc4[c-]cc5cc(S(=O)(=O)[O-])ccc5c4)c4cc(S(=O)(=O)[O-])ccc34)c(O)ccc12.O=S(=O)=O.[Li+].[Li+].[Li+]. The van der Waals surface area contributed by atoms with Crippen molar-refractivity contribution in [1.82, 2.24) is 0 Å². The molecule has 0 aliphatic heterocycles. The standard InChI is InChI=1S/C30H20N5O7S2.3Li.O3S/c31-26-3-1-2-24-22(26)10-13-29(36)30(24)35-34-27-11-12-28(25-16-21(44(40,41)42)8-9-23(25)27)33-32-19-6-4-18-15-20(43(37,38)39)7-5-17(18)14-19;;;;1-4(2)3/h1-5,7-16,36H,31H2,(H,37,38,39)(H,40,41,42);;;;/q-1;3*+1;/p-2. The summed E-state index contributed by atoms with van der Waals surface area (Å²) in [4.78, 5) is -0.862. The zero-order valence-corrected chi connectivity index (χ0v) is 29.3. The number of hydrogen-bond acceptors (Lipinski definition) is 15. The average molecular weight is 726 g/mol. The molecule has 21 heteroatoms. The molecule has 244 valence electrons. The Hall–Kier alpha value is -3.87. The Kier molecular flexibility index (Phi) is 14.9. The molecule has 6 aromatic rings. The summed E-state index contributed by atoms with van der Waals surface area (Å²) in [5.41, 5.74) is 7.47. The van der Waals surface area contributed by atoms with Gasteiger partial charge in [-0.25, -0.2) is 16.8 Å². The van der Waals surface area contributed by atoms with Gasteiger partial charge < -0.3 is 19.9 Å². The fourth-order valence-corrected chi connectivity index (χ4v) is 5.66. The molecule has 0 aromatic heterocycles. The van der Waals surface area contributed by atoms with Gasteiger partial charge in [-0.05, 0) is 54.2 Å². The van der Waals surface area contributed by atoms with E-state index in [4.69, 9.17) is 18.4 Å². The number of phenolic OH excluding ortho intramolecular Hbond substituents is 1. The van der Waals surface area contributed by atoms with Gasteiger partial charge in [0.05, 0.1) is 16.3 Å². The molecule has 0 aliphatic rings. The summed E-state index contributed by atoms with van der Waals surface area (Å²) in [6.07, 6.45) is 0. The minimum atomic E-state index is -4.81. The summed E-state index contributed by atoms with van der Waals surface area (Å²) in [6.45, 7) is 0. The number of hydrogen-bond donors (Lipinski definition) is 2. The van der Waals surface area contributed by atoms with E-state index in [1.54, 1.807) is 36.4 Å². The van der Waals surface area contributed by atoms with Crippen molar-refractivity contribution in [3.8, 4) is 5.75 Å². The van der Waals surface area contributed by atoms with Crippen LogP contribution in [0.5, 0.6) is 5.75 Å². The molecule has 0 unspecified atom stereocenters. The van der Waals surface area contributed by atoms with E-state index in [9.17, 15) is 31.0 Å². The number of benzene rings is 6. The fourth-order valence-electron chi connectivity index (χ4n) is 4.66. The molecule has 3 N–H and O–H groups in total. The third-order valence-electron chi connectivity index (χ3n) is 6.81. The summed E-state index contributed by atoms with van der Waals surface area (Å²) in [5.74, 6) is -0.126. The molecule has 15 nitrogen and oxygen atoms in total. The van der Waals surface area contributed by atoms with Crippen molar-refractivity contribution >= 4 is 91.6 Å². The largest absolute Gasteiger partial charge is 1.00 e. The minimum Gasteiger partial charge on any atom is -0.744 e. The summed E-state index contributed by atoms with van der Waals surface area (Å²) in [6, 6.07) is 24.8. The van der Waals surface area contributed by atoms with Crippen LogP contribution >= 0.6 is 0 Å². The first-order chi connectivity index (χ1) is 22.6. The number of anilines is 1. The van der Waals surface area contributed by atoms with Crippen molar-refractivity contribution in [3.05, 3.63) is 97.1 Å². The molecule has 6 rings (SSSR count). The number of nitrogens with zero attached hydrogens (tertiary/aromatic N) is 4. The monoisotopic (exact) mass is 725 g/mol. The molecule has 0 atom stereocenters. The van der Waals surface area contributed by atoms with Crippen LogP contribution in [0.15, 0.2) is 121 Å². The summed E-state index contributed by atoms with van der Waals surface area (Å²) >= 11 is 0. The van der Waals surface area contributed by atoms with Crippen LogP contribution in [0.4, 0.5) is 28.4 Å². The van der Waals surface area contributed by atoms with Crippen molar-refractivity contribution in [2.75, 3.05) is 5.73 Å². The van der Waals surface area contributed by atoms with Crippen molar-refractivity contribution in [2.24, 2.45) is 20.5 Å². The van der Waals surface area contributed by atoms with Crippen molar-refractivity contribution in [3.63, 3.8) is 0 Å². The maximum absolute atomic E-state index is 11.8. The molecule has 0 radical (unpaired) electrons. The molecule has 0 amide bonds. The second kappa shape index (κ2) is 17.6. The van der Waals surface area contributed by atoms with Gasteiger partial charge in [0, 0.05) is 32.1 Å². The van der Waals surface area contributed by atoms with E-state index < -0.39 is 35.7 Å². The normalized spacial score (nSPS) is 11.4. The number of nitrogens with two attached hydrogens (primary N) is 1. The average Bonchev–Trinajstić information content (AvgIpc) is 3.02. The summed E-state index contributed by atoms with van der Waals surface area (Å²) in [5, 5.41) is 30.4. The van der Waals surface area contributed by atoms with Gasteiger partial charge in [0.25, 0.3) is 0 Å². The first-order valence-electron chi connectivity index (χ1n) is 13.2. The van der Waals surface area contributed by atoms with E-state index in [1.165, 1.54) is 42.5 Å². The number of aromatic hydroxyl groups is 1. The van der Waals surface area contributed by atoms with Crippen LogP contribution in [0.2, 0.25) is 0 Å². The van der Waals surface area contributed by atoms with Gasteiger partial charge in [-0.15, -0.1) is 39.7 Å². The van der Waals surface area contributed by atoms with E-state index >= 15 is 0 Å². The zero-order valence-electron chi connectivity index (χ0n) is 26.9. The molecule has 0 saturated carbocycles. The molecule has 0 fully saturated rings. The number of fused-ring (bicyclic) bond motifs is 3. The minimum absolute atomic E-state index is 0. The Morgan fingerprint density at radius 1 is 0.627 bits per heavy atom. The first-order valence-corrected chi connectivity index (χ1v) is 17.0. The van der Waals surface area contributed by atoms with E-state index in [2.05, 4.69) is 26.5 Å². The van der Waals surface area contributed by atoms with Crippen LogP contribution in [-0.2, 0) is 30.8 Å². The molecule has 51 heavy (non-hydrogen) atoms. The topological polar surface area (TPSA) is 261 Å². The molecule has 0 spiro atoms. The number of azo groups is 2. The maximum atomic E-state index is 11.8. The van der Waals surface area contributed by atoms with E-state index in [0.29, 0.717) is 32.6 Å². The van der Waals surface area contributed by atoms with Gasteiger partial charge in [-0.1, -0.05) is 30.3 Å². The quantitative estimate of drug-likeness (QED) is 0.0571. The molecule has 0 bridgehead atoms. The summed E-state index contributed by atoms with van der Waals surface area (Å²) in [7, 11) is -12.5. The number of phenols is 1. The number of rotatable bonds is 6. The predicted molar refractivity (Wildman–Crippen MR) is 171 cm³/mol. The molecule has 6 aromatic carbocycles. The zero-order chi connectivity index (χ0) is 34.8. The second-order valence-electron chi connectivity index (χ2n) is 9.81. The molecule has 0 heterocycles. The Morgan fingerprint density at radius 2 is 1.20 bits per heavy atom. The van der Waals surface area contributed by atoms with Crippen LogP contribution in [0.3, 0.4) is 0 Å². The smallest absolute Gasteiger partial charge is 0.744 e. The van der Waals surface area contributed by atoms with Gasteiger partial charge in [-0.2, -0.15) is 22.4 Å². The van der Waals surface area contributed by atoms with Crippen LogP contribution in [0.25, 0.3) is 32.3 Å². The van der Waals surface area contributed by atoms with E-state index in [-0.39, 0.29) is 95.4 Å². The Morgan fingerprint density at radius 3 is 1.84 bits per heavy atom. The molecule has 0 aliphatic carbocycles. The second-order valence-corrected chi connectivity index (χ2v) is 13.0. The number of nitrogen functional groups attached to an aromatic ring is 1. The van der Waals surface area contributed by atoms with Crippen LogP contribution in [-0.4, -0.2) is 43.7 Å². The molecule has 0 saturated heterocycles. The van der Waals surface area contributed by atoms with E-state index in [1.807, 2.05) is 0 Å². The van der Waals surface area contributed by atoms with Crippen molar-refractivity contribution in [1.29, 1.82) is 0 Å². The van der Waals surface area contributed by atoms with Gasteiger partial charge >= 0.3 is 67.2 Å². The van der Waals surface area contributed by atoms with Crippen molar-refractivity contribution < 1.29 is 100 Å². The van der Waals surface area contributed by atoms with Crippen LogP contribution < -0.4 is 62.3 Å². The van der Waals surface area contributed by atoms with Crippen LogP contribution in [0, 0.1) is 6.07 Å². The van der Waals surface area contributed by atoms with Gasteiger partial charge in [-0.3, -0.25) is 0 Å². The van der Waals surface area contributed by atoms with E-state index in [0.717, 1.165) is 12.1 Å². The van der Waals surface area contributed by atoms with Gasteiger partial charge in [0.2, 0.25) is 0 Å². The van der Waals surface area contributed by atoms with Crippen LogP contribution in [0.1, 0.15) is 0 Å². The van der Waals surface area contributed by atoms with Gasteiger partial charge in [0.15, 0.2) is 0 Å².